The summed E-state index contributed by atoms with van der Waals surface area (Å²) in [5, 5.41) is 3.44. The van der Waals surface area contributed by atoms with Crippen molar-refractivity contribution in [2.75, 3.05) is 26.2 Å². The number of thioether (sulfide) groups is 1. The van der Waals surface area contributed by atoms with Gasteiger partial charge < -0.3 is 14.6 Å². The van der Waals surface area contributed by atoms with E-state index in [1.807, 2.05) is 22.7 Å². The highest BCUT2D eigenvalue weighted by atomic mass is 32.2. The Morgan fingerprint density at radius 3 is 2.80 bits per heavy atom. The van der Waals surface area contributed by atoms with Crippen molar-refractivity contribution in [3.05, 3.63) is 54.0 Å². The third-order valence-corrected chi connectivity index (χ3v) is 7.19. The van der Waals surface area contributed by atoms with Crippen LogP contribution in [0.15, 0.2) is 52.2 Å². The molecule has 2 aliphatic rings. The van der Waals surface area contributed by atoms with Crippen LogP contribution in [0, 0.1) is 6.92 Å². The molecular weight excluding hydrogens is 398 g/mol. The lowest BCUT2D eigenvalue weighted by Gasteiger charge is -2.37. The highest BCUT2D eigenvalue weighted by Gasteiger charge is 2.34. The Balaban J connectivity index is 1.30. The highest BCUT2D eigenvalue weighted by Crippen LogP contribution is 2.31. The van der Waals surface area contributed by atoms with E-state index in [-0.39, 0.29) is 18.2 Å². The molecule has 0 unspecified atom stereocenters. The van der Waals surface area contributed by atoms with Crippen LogP contribution in [0.1, 0.15) is 30.4 Å². The number of carbonyl (C=O) groups is 2. The fourth-order valence-electron chi connectivity index (χ4n) is 4.19. The summed E-state index contributed by atoms with van der Waals surface area (Å²) in [7, 11) is 0. The second-order valence-electron chi connectivity index (χ2n) is 8.13. The van der Waals surface area contributed by atoms with E-state index in [4.69, 9.17) is 4.42 Å². The predicted molar refractivity (Wildman–Crippen MR) is 117 cm³/mol. The van der Waals surface area contributed by atoms with Gasteiger partial charge in [-0.05, 0) is 38.0 Å². The van der Waals surface area contributed by atoms with E-state index >= 15 is 0 Å². The van der Waals surface area contributed by atoms with Gasteiger partial charge in [0.05, 0.1) is 25.0 Å². The molecule has 0 bridgehead atoms. The van der Waals surface area contributed by atoms with E-state index in [2.05, 4.69) is 41.4 Å². The van der Waals surface area contributed by atoms with Gasteiger partial charge in [0.1, 0.15) is 0 Å². The molecule has 2 amide bonds. The minimum absolute atomic E-state index is 0.0528. The second-order valence-corrected chi connectivity index (χ2v) is 9.50. The zero-order valence-corrected chi connectivity index (χ0v) is 18.2. The Morgan fingerprint density at radius 1 is 1.23 bits per heavy atom. The van der Waals surface area contributed by atoms with Crippen molar-refractivity contribution in [3.63, 3.8) is 0 Å². The molecule has 160 valence electrons. The van der Waals surface area contributed by atoms with Gasteiger partial charge in [-0.1, -0.05) is 17.7 Å². The minimum atomic E-state index is -0.416. The van der Waals surface area contributed by atoms with Gasteiger partial charge in [-0.3, -0.25) is 14.5 Å². The van der Waals surface area contributed by atoms with Gasteiger partial charge >= 0.3 is 0 Å². The first-order chi connectivity index (χ1) is 14.6. The summed E-state index contributed by atoms with van der Waals surface area (Å²) in [6.07, 6.45) is 5.54. The van der Waals surface area contributed by atoms with E-state index in [1.54, 1.807) is 12.5 Å². The van der Waals surface area contributed by atoms with E-state index in [0.29, 0.717) is 18.3 Å². The van der Waals surface area contributed by atoms with Gasteiger partial charge in [0.2, 0.25) is 11.8 Å². The number of amides is 2. The van der Waals surface area contributed by atoms with E-state index in [1.165, 1.54) is 10.5 Å². The third-order valence-electron chi connectivity index (χ3n) is 5.86. The maximum atomic E-state index is 13.0. The van der Waals surface area contributed by atoms with Crippen LogP contribution in [0.25, 0.3) is 0 Å². The van der Waals surface area contributed by atoms with Crippen LogP contribution in [0.5, 0.6) is 0 Å². The number of furan rings is 1. The molecule has 0 saturated carbocycles. The fraction of sp³-hybridized carbons (Fsp3) is 0.478. The van der Waals surface area contributed by atoms with Crippen LogP contribution in [0.4, 0.5) is 0 Å². The largest absolute Gasteiger partial charge is 0.472 e. The third kappa shape index (κ3) is 5.26. The van der Waals surface area contributed by atoms with Gasteiger partial charge in [-0.25, -0.2) is 0 Å². The first-order valence-electron chi connectivity index (χ1n) is 10.6. The number of nitrogens with zero attached hydrogens (tertiary/aromatic N) is 2. The van der Waals surface area contributed by atoms with Gasteiger partial charge in [0.25, 0.3) is 0 Å². The number of piperidine rings is 1. The number of carbonyl (C=O) groups excluding carboxylic acids is 2. The Hall–Kier alpha value is -2.25. The molecule has 30 heavy (non-hydrogen) atoms. The molecule has 4 rings (SSSR count). The number of rotatable bonds is 6. The Kier molecular flexibility index (Phi) is 6.79. The summed E-state index contributed by atoms with van der Waals surface area (Å²) in [4.78, 5) is 30.8. The highest BCUT2D eigenvalue weighted by molar-refractivity contribution is 8.00. The van der Waals surface area contributed by atoms with Crippen molar-refractivity contribution >= 4 is 23.6 Å². The Labute approximate surface area is 182 Å². The Bertz CT molecular complexity index is 862. The van der Waals surface area contributed by atoms with Gasteiger partial charge in [0, 0.05) is 48.4 Å². The molecular formula is C23H29N3O3S. The average molecular weight is 428 g/mol. The zero-order valence-electron chi connectivity index (χ0n) is 17.4. The predicted octanol–water partition coefficient (Wildman–Crippen LogP) is 3.06. The molecule has 2 aliphatic heterocycles. The van der Waals surface area contributed by atoms with Crippen LogP contribution in [-0.4, -0.2) is 59.1 Å². The number of nitrogens with one attached hydrogen (secondary N) is 1. The van der Waals surface area contributed by atoms with Crippen molar-refractivity contribution in [2.45, 2.75) is 48.9 Å². The number of hydrogen-bond donors (Lipinski definition) is 1. The molecule has 1 N–H and O–H groups in total. The van der Waals surface area contributed by atoms with Crippen LogP contribution in [0.3, 0.4) is 0 Å². The standard InChI is InChI=1S/C23H29N3O3S/c1-17-3-2-4-20(13-17)30-19-5-9-25(10-6-19)22(27)14-21-23(28)24-8-11-26(21)15-18-7-12-29-16-18/h2-4,7,12-13,16,19,21H,5-6,8-11,14-15H2,1H3,(H,24,28)/t21-/m1/s1. The van der Waals surface area contributed by atoms with Gasteiger partial charge in [-0.15, -0.1) is 11.8 Å². The molecule has 3 heterocycles. The molecule has 0 radical (unpaired) electrons. The molecule has 2 fully saturated rings. The van der Waals surface area contributed by atoms with E-state index < -0.39 is 6.04 Å². The van der Waals surface area contributed by atoms with Gasteiger partial charge in [0.15, 0.2) is 0 Å². The van der Waals surface area contributed by atoms with Crippen LogP contribution in [0.2, 0.25) is 0 Å². The molecule has 1 atom stereocenters. The zero-order chi connectivity index (χ0) is 20.9. The van der Waals surface area contributed by atoms with Crippen LogP contribution < -0.4 is 5.32 Å². The lowest BCUT2D eigenvalue weighted by Crippen LogP contribution is -2.56. The normalized spacial score (nSPS) is 20.9. The number of benzene rings is 1. The summed E-state index contributed by atoms with van der Waals surface area (Å²) in [6, 6.07) is 10.1. The lowest BCUT2D eigenvalue weighted by molar-refractivity contribution is -0.139. The van der Waals surface area contributed by atoms with E-state index in [0.717, 1.165) is 38.0 Å². The molecule has 2 saturated heterocycles. The molecule has 2 aromatic rings. The average Bonchev–Trinajstić information content (AvgIpc) is 3.24. The molecule has 1 aromatic heterocycles. The van der Waals surface area contributed by atoms with Crippen LogP contribution >= 0.6 is 11.8 Å². The minimum Gasteiger partial charge on any atom is -0.472 e. The Morgan fingerprint density at radius 2 is 2.07 bits per heavy atom. The van der Waals surface area contributed by atoms with Crippen molar-refractivity contribution in [1.82, 2.24) is 15.1 Å². The number of piperazine rings is 1. The first kappa shape index (κ1) is 21.0. The molecule has 0 aliphatic carbocycles. The summed E-state index contributed by atoms with van der Waals surface area (Å²) < 4.78 is 5.15. The second kappa shape index (κ2) is 9.71. The van der Waals surface area contributed by atoms with Crippen molar-refractivity contribution in [3.8, 4) is 0 Å². The van der Waals surface area contributed by atoms with Gasteiger partial charge in [-0.2, -0.15) is 0 Å². The molecule has 0 spiro atoms. The number of aryl methyl sites for hydroxylation is 1. The first-order valence-corrected chi connectivity index (χ1v) is 11.5. The summed E-state index contributed by atoms with van der Waals surface area (Å²) in [5.41, 5.74) is 2.30. The summed E-state index contributed by atoms with van der Waals surface area (Å²) in [6.45, 7) is 5.61. The lowest BCUT2D eigenvalue weighted by atomic mass is 10.0. The number of hydrogen-bond acceptors (Lipinski definition) is 5. The molecule has 7 heteroatoms. The monoisotopic (exact) mass is 427 g/mol. The maximum absolute atomic E-state index is 13.0. The fourth-order valence-corrected chi connectivity index (χ4v) is 5.43. The van der Waals surface area contributed by atoms with Crippen LogP contribution in [-0.2, 0) is 16.1 Å². The summed E-state index contributed by atoms with van der Waals surface area (Å²) >= 11 is 1.91. The summed E-state index contributed by atoms with van der Waals surface area (Å²) in [5.74, 6) is 0.0243. The van der Waals surface area contributed by atoms with Crippen molar-refractivity contribution in [1.29, 1.82) is 0 Å². The quantitative estimate of drug-likeness (QED) is 0.768. The molecule has 1 aromatic carbocycles. The van der Waals surface area contributed by atoms with E-state index in [9.17, 15) is 9.59 Å². The SMILES string of the molecule is Cc1cccc(SC2CCN(C(=O)C[C@@H]3C(=O)NCCN3Cc3ccoc3)CC2)c1. The smallest absolute Gasteiger partial charge is 0.237 e. The van der Waals surface area contributed by atoms with Crippen molar-refractivity contribution < 1.29 is 14.0 Å². The number of likely N-dealkylation sites (tertiary alicyclic amines) is 1. The maximum Gasteiger partial charge on any atom is 0.237 e. The molecule has 6 nitrogen and oxygen atoms in total. The topological polar surface area (TPSA) is 65.8 Å². The van der Waals surface area contributed by atoms with Crippen molar-refractivity contribution in [2.24, 2.45) is 0 Å².